The van der Waals surface area contributed by atoms with E-state index in [0.29, 0.717) is 22.3 Å². The van der Waals surface area contributed by atoms with Crippen molar-refractivity contribution < 1.29 is 0 Å². The summed E-state index contributed by atoms with van der Waals surface area (Å²) in [5, 5.41) is 0. The maximum Gasteiger partial charge on any atom is 0.00390 e. The smallest absolute Gasteiger partial charge is 0.00390 e. The molecule has 0 aromatic heterocycles. The van der Waals surface area contributed by atoms with Gasteiger partial charge in [-0.2, -0.15) is 0 Å². The Morgan fingerprint density at radius 3 is 2.42 bits per heavy atom. The molecule has 26 heavy (non-hydrogen) atoms. The van der Waals surface area contributed by atoms with Gasteiger partial charge in [0.2, 0.25) is 0 Å². The summed E-state index contributed by atoms with van der Waals surface area (Å²) >= 11 is 0. The zero-order valence-electron chi connectivity index (χ0n) is 16.7. The third-order valence-electron chi connectivity index (χ3n) is 8.82. The molecule has 5 aliphatic rings. The van der Waals surface area contributed by atoms with Gasteiger partial charge in [0.25, 0.3) is 0 Å². The molecule has 5 saturated carbocycles. The van der Waals surface area contributed by atoms with E-state index in [-0.39, 0.29) is 0 Å². The second kappa shape index (κ2) is 6.09. The fourth-order valence-electron chi connectivity index (χ4n) is 8.52. The molecule has 1 aromatic rings. The highest BCUT2D eigenvalue weighted by Gasteiger charge is 2.61. The highest BCUT2D eigenvalue weighted by Crippen LogP contribution is 2.71. The fraction of sp³-hybridized carbons (Fsp3) is 0.760. The van der Waals surface area contributed by atoms with Crippen molar-refractivity contribution in [1.82, 2.24) is 0 Å². The Morgan fingerprint density at radius 1 is 0.923 bits per heavy atom. The molecule has 0 saturated heterocycles. The maximum atomic E-state index is 6.14. The number of rotatable bonds is 4. The Hall–Kier alpha value is -0.820. The van der Waals surface area contributed by atoms with Crippen molar-refractivity contribution in [1.29, 1.82) is 0 Å². The summed E-state index contributed by atoms with van der Waals surface area (Å²) in [5.41, 5.74) is 9.53. The summed E-state index contributed by atoms with van der Waals surface area (Å²) in [6, 6.07) is 12.1. The third kappa shape index (κ3) is 2.95. The molecule has 1 heteroatoms. The van der Waals surface area contributed by atoms with Gasteiger partial charge < -0.3 is 5.73 Å². The van der Waals surface area contributed by atoms with E-state index in [0.717, 1.165) is 11.8 Å². The lowest BCUT2D eigenvalue weighted by atomic mass is 9.38. The molecule has 4 unspecified atom stereocenters. The lowest BCUT2D eigenvalue weighted by Crippen LogP contribution is -2.57. The van der Waals surface area contributed by atoms with E-state index >= 15 is 0 Å². The number of benzene rings is 1. The van der Waals surface area contributed by atoms with Gasteiger partial charge in [-0.15, -0.1) is 0 Å². The lowest BCUT2D eigenvalue weighted by molar-refractivity contribution is -0.124. The van der Waals surface area contributed by atoms with Gasteiger partial charge in [0.15, 0.2) is 0 Å². The summed E-state index contributed by atoms with van der Waals surface area (Å²) in [6.07, 6.45) is 17.2. The van der Waals surface area contributed by atoms with Crippen LogP contribution >= 0.6 is 0 Å². The van der Waals surface area contributed by atoms with Gasteiger partial charge in [-0.3, -0.25) is 0 Å². The standard InChI is InChI=1S/C25H37N/c1-23-13-20-14-24(16-23,12-11-19-7-9-22(26)10-8-19)18-25(15-20,17-23)21-5-3-2-4-6-21/h2-6,19-20,22H,7-18,26H2,1H3. The third-order valence-corrected chi connectivity index (χ3v) is 8.82. The van der Waals surface area contributed by atoms with Crippen LogP contribution in [-0.2, 0) is 5.41 Å². The zero-order valence-corrected chi connectivity index (χ0v) is 16.7. The van der Waals surface area contributed by atoms with Crippen LogP contribution < -0.4 is 5.73 Å². The summed E-state index contributed by atoms with van der Waals surface area (Å²) in [6.45, 7) is 2.63. The van der Waals surface area contributed by atoms with E-state index in [9.17, 15) is 0 Å². The topological polar surface area (TPSA) is 26.0 Å². The molecule has 6 rings (SSSR count). The van der Waals surface area contributed by atoms with Gasteiger partial charge in [-0.1, -0.05) is 37.3 Å². The maximum absolute atomic E-state index is 6.14. The first kappa shape index (κ1) is 17.3. The SMILES string of the molecule is CC12CC3CC(CCC4CCC(N)CC4)(C1)CC(c1ccccc1)(C3)C2. The van der Waals surface area contributed by atoms with Gasteiger partial charge in [-0.25, -0.2) is 0 Å². The zero-order chi connectivity index (χ0) is 17.8. The van der Waals surface area contributed by atoms with Crippen LogP contribution in [0.25, 0.3) is 0 Å². The van der Waals surface area contributed by atoms with Crippen LogP contribution in [0.3, 0.4) is 0 Å². The molecule has 0 spiro atoms. The molecule has 2 N–H and O–H groups in total. The van der Waals surface area contributed by atoms with E-state index in [4.69, 9.17) is 5.73 Å². The van der Waals surface area contributed by atoms with E-state index < -0.39 is 0 Å². The van der Waals surface area contributed by atoms with Crippen molar-refractivity contribution in [3.63, 3.8) is 0 Å². The predicted octanol–water partition coefficient (Wildman–Crippen LogP) is 6.21. The van der Waals surface area contributed by atoms with E-state index in [1.54, 1.807) is 5.56 Å². The van der Waals surface area contributed by atoms with E-state index in [1.165, 1.54) is 77.0 Å². The largest absolute Gasteiger partial charge is 0.328 e. The predicted molar refractivity (Wildman–Crippen MR) is 109 cm³/mol. The van der Waals surface area contributed by atoms with Crippen LogP contribution in [0, 0.1) is 22.7 Å². The number of hydrogen-bond donors (Lipinski definition) is 1. The molecule has 4 bridgehead atoms. The monoisotopic (exact) mass is 351 g/mol. The van der Waals surface area contributed by atoms with Crippen LogP contribution in [0.5, 0.6) is 0 Å². The Bertz CT molecular complexity index is 645. The number of hydrogen-bond acceptors (Lipinski definition) is 1. The first-order valence-corrected chi connectivity index (χ1v) is 11.3. The summed E-state index contributed by atoms with van der Waals surface area (Å²) < 4.78 is 0. The minimum Gasteiger partial charge on any atom is -0.328 e. The molecular formula is C25H37N. The summed E-state index contributed by atoms with van der Waals surface area (Å²) in [7, 11) is 0. The van der Waals surface area contributed by atoms with Crippen LogP contribution in [0.4, 0.5) is 0 Å². The Labute approximate surface area is 160 Å². The Morgan fingerprint density at radius 2 is 1.69 bits per heavy atom. The molecule has 142 valence electrons. The molecular weight excluding hydrogens is 314 g/mol. The average molecular weight is 352 g/mol. The first-order valence-electron chi connectivity index (χ1n) is 11.3. The van der Waals surface area contributed by atoms with Crippen molar-refractivity contribution in [3.8, 4) is 0 Å². The molecule has 1 aromatic carbocycles. The van der Waals surface area contributed by atoms with Crippen molar-refractivity contribution >= 4 is 0 Å². The molecule has 5 aliphatic carbocycles. The second-order valence-corrected chi connectivity index (χ2v) is 11.3. The normalized spacial score (nSPS) is 47.2. The van der Waals surface area contributed by atoms with Crippen molar-refractivity contribution in [2.75, 3.05) is 0 Å². The van der Waals surface area contributed by atoms with E-state index in [2.05, 4.69) is 37.3 Å². The molecule has 1 nitrogen and oxygen atoms in total. The van der Waals surface area contributed by atoms with Crippen LogP contribution in [-0.4, -0.2) is 6.04 Å². The summed E-state index contributed by atoms with van der Waals surface area (Å²) in [5.74, 6) is 1.94. The average Bonchev–Trinajstić information content (AvgIpc) is 2.60. The molecule has 5 fully saturated rings. The summed E-state index contributed by atoms with van der Waals surface area (Å²) in [4.78, 5) is 0. The fourth-order valence-corrected chi connectivity index (χ4v) is 8.52. The van der Waals surface area contributed by atoms with Gasteiger partial charge in [0.1, 0.15) is 0 Å². The van der Waals surface area contributed by atoms with Gasteiger partial charge >= 0.3 is 0 Å². The van der Waals surface area contributed by atoms with Crippen molar-refractivity contribution in [2.45, 2.75) is 95.4 Å². The quantitative estimate of drug-likeness (QED) is 0.685. The number of nitrogens with two attached hydrogens (primary N) is 1. The molecule has 4 atom stereocenters. The minimum absolute atomic E-state index is 0.490. The van der Waals surface area contributed by atoms with Crippen LogP contribution in [0.2, 0.25) is 0 Å². The van der Waals surface area contributed by atoms with Gasteiger partial charge in [0, 0.05) is 6.04 Å². The Balaban J connectivity index is 1.37. The Kier molecular flexibility index (Phi) is 4.05. The van der Waals surface area contributed by atoms with Crippen LogP contribution in [0.1, 0.15) is 89.5 Å². The molecule has 0 amide bonds. The van der Waals surface area contributed by atoms with Crippen molar-refractivity contribution in [2.24, 2.45) is 28.4 Å². The van der Waals surface area contributed by atoms with E-state index in [1.807, 2.05) is 0 Å². The van der Waals surface area contributed by atoms with Gasteiger partial charge in [-0.05, 0) is 111 Å². The highest BCUT2D eigenvalue weighted by molar-refractivity contribution is 5.31. The first-order chi connectivity index (χ1) is 12.5. The molecule has 0 radical (unpaired) electrons. The van der Waals surface area contributed by atoms with Gasteiger partial charge in [0.05, 0.1) is 0 Å². The lowest BCUT2D eigenvalue weighted by Gasteiger charge is -2.67. The second-order valence-electron chi connectivity index (χ2n) is 11.3. The molecule has 0 aliphatic heterocycles. The highest BCUT2D eigenvalue weighted by atomic mass is 14.7. The van der Waals surface area contributed by atoms with Crippen molar-refractivity contribution in [3.05, 3.63) is 35.9 Å². The molecule has 0 heterocycles. The minimum atomic E-state index is 0.490. The van der Waals surface area contributed by atoms with Crippen LogP contribution in [0.15, 0.2) is 30.3 Å².